The van der Waals surface area contributed by atoms with Gasteiger partial charge in [-0.05, 0) is 51.2 Å². The average molecular weight is 489 g/mol. The molecule has 1 aliphatic rings. The van der Waals surface area contributed by atoms with E-state index in [1.54, 1.807) is 22.8 Å². The van der Waals surface area contributed by atoms with E-state index >= 15 is 0 Å². The van der Waals surface area contributed by atoms with Gasteiger partial charge in [0.1, 0.15) is 10.6 Å². The predicted octanol–water partition coefficient (Wildman–Crippen LogP) is 4.39. The number of rotatable bonds is 7. The van der Waals surface area contributed by atoms with Crippen molar-refractivity contribution in [1.82, 2.24) is 9.55 Å². The van der Waals surface area contributed by atoms with Gasteiger partial charge in [0.15, 0.2) is 5.16 Å². The first-order valence-electron chi connectivity index (χ1n) is 10.7. The van der Waals surface area contributed by atoms with Gasteiger partial charge in [0.25, 0.3) is 11.2 Å². The van der Waals surface area contributed by atoms with Crippen LogP contribution in [0.1, 0.15) is 37.1 Å². The Morgan fingerprint density at radius 1 is 1.39 bits per heavy atom. The molecule has 0 radical (unpaired) electrons. The smallest absolute Gasteiger partial charge is 0.271 e. The number of non-ortho nitro benzene ring substituents is 1. The number of ether oxygens (including phenoxy) is 1. The van der Waals surface area contributed by atoms with Crippen LogP contribution >= 0.6 is 23.1 Å². The lowest BCUT2D eigenvalue weighted by atomic mass is 9.97. The van der Waals surface area contributed by atoms with E-state index in [0.717, 1.165) is 41.5 Å². The maximum Gasteiger partial charge on any atom is 0.271 e. The third kappa shape index (κ3) is 4.47. The van der Waals surface area contributed by atoms with Crippen LogP contribution in [0.5, 0.6) is 5.75 Å². The number of thioether (sulfide) groups is 1. The van der Waals surface area contributed by atoms with E-state index in [1.807, 2.05) is 6.92 Å². The number of nitro groups is 1. The minimum Gasteiger partial charge on any atom is -0.495 e. The molecule has 1 atom stereocenters. The zero-order valence-electron chi connectivity index (χ0n) is 18.5. The number of aromatic nitrogens is 2. The molecule has 0 bridgehead atoms. The molecule has 11 heteroatoms. The highest BCUT2D eigenvalue weighted by atomic mass is 32.2. The summed E-state index contributed by atoms with van der Waals surface area (Å²) < 4.78 is 6.84. The number of carbonyl (C=O) groups is 1. The Kier molecular flexibility index (Phi) is 6.71. The van der Waals surface area contributed by atoms with Crippen molar-refractivity contribution in [2.24, 2.45) is 0 Å². The molecule has 33 heavy (non-hydrogen) atoms. The Hall–Kier alpha value is -2.92. The number of amides is 1. The van der Waals surface area contributed by atoms with Crippen molar-refractivity contribution in [3.8, 4) is 5.75 Å². The van der Waals surface area contributed by atoms with Gasteiger partial charge in [0, 0.05) is 23.6 Å². The molecule has 0 saturated heterocycles. The van der Waals surface area contributed by atoms with E-state index in [4.69, 9.17) is 9.72 Å². The topological polar surface area (TPSA) is 116 Å². The van der Waals surface area contributed by atoms with Crippen molar-refractivity contribution < 1.29 is 14.5 Å². The summed E-state index contributed by atoms with van der Waals surface area (Å²) in [6, 6.07) is 4.01. The van der Waals surface area contributed by atoms with Gasteiger partial charge >= 0.3 is 0 Å². The molecule has 3 aromatic rings. The minimum atomic E-state index is -0.606. The number of benzene rings is 1. The Balaban J connectivity index is 1.62. The zero-order valence-corrected chi connectivity index (χ0v) is 20.2. The second kappa shape index (κ2) is 9.52. The molecular formula is C22H24N4O5S2. The third-order valence-corrected chi connectivity index (χ3v) is 7.94. The molecule has 1 N–H and O–H groups in total. The standard InChI is InChI=1S/C22H24N4O5S2/c1-4-25-21(28)18-14-7-5-6-8-17(14)33-20(18)24-22(25)32-12(2)19(27)23-15-11-13(26(29)30)9-10-16(15)31-3/h9-12H,4-8H2,1-3H3,(H,23,27). The van der Waals surface area contributed by atoms with Gasteiger partial charge in [0.2, 0.25) is 5.91 Å². The Bertz CT molecular complexity index is 1300. The number of methoxy groups -OCH3 is 1. The number of nitrogens with zero attached hydrogens (tertiary/aromatic N) is 3. The highest BCUT2D eigenvalue weighted by molar-refractivity contribution is 8.00. The molecule has 4 rings (SSSR count). The first-order chi connectivity index (χ1) is 15.8. The van der Waals surface area contributed by atoms with E-state index in [1.165, 1.54) is 41.9 Å². The van der Waals surface area contributed by atoms with E-state index < -0.39 is 10.2 Å². The summed E-state index contributed by atoms with van der Waals surface area (Å²) in [6.45, 7) is 4.04. The number of hydrogen-bond donors (Lipinski definition) is 1. The van der Waals surface area contributed by atoms with Crippen LogP contribution in [0, 0.1) is 10.1 Å². The van der Waals surface area contributed by atoms with E-state index in [0.29, 0.717) is 17.5 Å². The molecule has 9 nitrogen and oxygen atoms in total. The average Bonchev–Trinajstić information content (AvgIpc) is 3.17. The lowest BCUT2D eigenvalue weighted by molar-refractivity contribution is -0.384. The highest BCUT2D eigenvalue weighted by Crippen LogP contribution is 2.35. The summed E-state index contributed by atoms with van der Waals surface area (Å²) in [5, 5.41) is 14.4. The van der Waals surface area contributed by atoms with Crippen LogP contribution in [0.2, 0.25) is 0 Å². The largest absolute Gasteiger partial charge is 0.495 e. The van der Waals surface area contributed by atoms with Crippen molar-refractivity contribution in [2.45, 2.75) is 56.5 Å². The number of anilines is 1. The van der Waals surface area contributed by atoms with Crippen LogP contribution < -0.4 is 15.6 Å². The molecular weight excluding hydrogens is 464 g/mol. The van der Waals surface area contributed by atoms with Crippen molar-refractivity contribution in [1.29, 1.82) is 0 Å². The maximum absolute atomic E-state index is 13.3. The van der Waals surface area contributed by atoms with E-state index in [-0.39, 0.29) is 22.8 Å². The van der Waals surface area contributed by atoms with Gasteiger partial charge in [-0.25, -0.2) is 4.98 Å². The molecule has 1 amide bonds. The molecule has 0 fully saturated rings. The Morgan fingerprint density at radius 2 is 2.15 bits per heavy atom. The fraction of sp³-hybridized carbons (Fsp3) is 0.409. The number of fused-ring (bicyclic) bond motifs is 3. The number of carbonyl (C=O) groups excluding carboxylic acids is 1. The maximum atomic E-state index is 13.3. The summed E-state index contributed by atoms with van der Waals surface area (Å²) >= 11 is 2.77. The molecule has 1 aromatic carbocycles. The van der Waals surface area contributed by atoms with Crippen LogP contribution in [0.25, 0.3) is 10.2 Å². The summed E-state index contributed by atoms with van der Waals surface area (Å²) in [7, 11) is 1.43. The molecule has 2 aromatic heterocycles. The lowest BCUT2D eigenvalue weighted by Gasteiger charge is -2.16. The van der Waals surface area contributed by atoms with Crippen molar-refractivity contribution in [3.05, 3.63) is 49.1 Å². The molecule has 1 aliphatic carbocycles. The number of nitrogens with one attached hydrogen (secondary N) is 1. The van der Waals surface area contributed by atoms with Crippen LogP contribution in [-0.2, 0) is 24.2 Å². The molecule has 174 valence electrons. The van der Waals surface area contributed by atoms with Crippen molar-refractivity contribution in [2.75, 3.05) is 12.4 Å². The van der Waals surface area contributed by atoms with Crippen LogP contribution in [0.4, 0.5) is 11.4 Å². The summed E-state index contributed by atoms with van der Waals surface area (Å²) in [6.07, 6.45) is 4.10. The first kappa shape index (κ1) is 23.2. The number of nitro benzene ring substituents is 1. The fourth-order valence-corrected chi connectivity index (χ4v) is 6.22. The van der Waals surface area contributed by atoms with Gasteiger partial charge in [0.05, 0.1) is 28.4 Å². The third-order valence-electron chi connectivity index (χ3n) is 5.66. The predicted molar refractivity (Wildman–Crippen MR) is 130 cm³/mol. The molecule has 2 heterocycles. The molecule has 0 aliphatic heterocycles. The SMILES string of the molecule is CCn1c(SC(C)C(=O)Nc2cc([N+](=O)[O-])ccc2OC)nc2sc3c(c2c1=O)CCCC3. The highest BCUT2D eigenvalue weighted by Gasteiger charge is 2.25. The Morgan fingerprint density at radius 3 is 2.85 bits per heavy atom. The Labute approximate surface area is 198 Å². The van der Waals surface area contributed by atoms with Crippen LogP contribution in [0.3, 0.4) is 0 Å². The van der Waals surface area contributed by atoms with E-state index in [2.05, 4.69) is 5.32 Å². The second-order valence-corrected chi connectivity index (χ2v) is 10.1. The molecule has 0 saturated carbocycles. The second-order valence-electron chi connectivity index (χ2n) is 7.73. The molecule has 0 spiro atoms. The van der Waals surface area contributed by atoms with E-state index in [9.17, 15) is 19.7 Å². The van der Waals surface area contributed by atoms with Gasteiger partial charge in [-0.1, -0.05) is 11.8 Å². The fourth-order valence-electron chi connectivity index (χ4n) is 3.94. The zero-order chi connectivity index (χ0) is 23.7. The first-order valence-corrected chi connectivity index (χ1v) is 12.4. The number of aryl methyl sites for hydroxylation is 2. The summed E-state index contributed by atoms with van der Waals surface area (Å²) in [5.74, 6) is -0.0541. The van der Waals surface area contributed by atoms with Crippen LogP contribution in [0.15, 0.2) is 28.2 Å². The number of hydrogen-bond acceptors (Lipinski definition) is 8. The lowest BCUT2D eigenvalue weighted by Crippen LogP contribution is -2.27. The van der Waals surface area contributed by atoms with Gasteiger partial charge in [-0.3, -0.25) is 24.3 Å². The number of thiophene rings is 1. The van der Waals surface area contributed by atoms with Gasteiger partial charge < -0.3 is 10.1 Å². The van der Waals surface area contributed by atoms with Crippen LogP contribution in [-0.4, -0.2) is 32.7 Å². The van der Waals surface area contributed by atoms with Crippen molar-refractivity contribution >= 4 is 50.6 Å². The monoisotopic (exact) mass is 488 g/mol. The minimum absolute atomic E-state index is 0.0580. The molecule has 1 unspecified atom stereocenters. The summed E-state index contributed by atoms with van der Waals surface area (Å²) in [5.41, 5.74) is 1.14. The summed E-state index contributed by atoms with van der Waals surface area (Å²) in [4.78, 5) is 43.5. The van der Waals surface area contributed by atoms with Gasteiger partial charge in [-0.2, -0.15) is 0 Å². The van der Waals surface area contributed by atoms with Crippen molar-refractivity contribution in [3.63, 3.8) is 0 Å². The van der Waals surface area contributed by atoms with Gasteiger partial charge in [-0.15, -0.1) is 11.3 Å². The quantitative estimate of drug-likeness (QED) is 0.227. The normalized spacial score (nSPS) is 14.0.